The highest BCUT2D eigenvalue weighted by Gasteiger charge is 2.14. The van der Waals surface area contributed by atoms with Crippen LogP contribution in [0, 0.1) is 0 Å². The van der Waals surface area contributed by atoms with E-state index in [4.69, 9.17) is 16.7 Å². The molecule has 0 saturated carbocycles. The van der Waals surface area contributed by atoms with Gasteiger partial charge in [0, 0.05) is 11.6 Å². The van der Waals surface area contributed by atoms with Crippen LogP contribution in [-0.2, 0) is 4.79 Å². The van der Waals surface area contributed by atoms with Gasteiger partial charge in [-0.05, 0) is 31.5 Å². The first kappa shape index (κ1) is 17.0. The van der Waals surface area contributed by atoms with Gasteiger partial charge >= 0.3 is 0 Å². The SMILES string of the molecule is CCCN(CCO)CC(=O)NC(C)c1ccccc1Cl. The number of nitrogens with one attached hydrogen (secondary N) is 1. The van der Waals surface area contributed by atoms with Crippen molar-refractivity contribution in [1.82, 2.24) is 10.2 Å². The summed E-state index contributed by atoms with van der Waals surface area (Å²) in [4.78, 5) is 14.0. The Bertz CT molecular complexity index is 420. The Balaban J connectivity index is 2.54. The molecule has 0 bridgehead atoms. The number of benzene rings is 1. The minimum atomic E-state index is -0.131. The zero-order valence-electron chi connectivity index (χ0n) is 12.1. The molecule has 1 unspecified atom stereocenters. The van der Waals surface area contributed by atoms with Gasteiger partial charge in [-0.15, -0.1) is 0 Å². The van der Waals surface area contributed by atoms with Gasteiger partial charge in [-0.3, -0.25) is 9.69 Å². The quantitative estimate of drug-likeness (QED) is 0.774. The number of halogens is 1. The minimum absolute atomic E-state index is 0.0562. The van der Waals surface area contributed by atoms with E-state index in [2.05, 4.69) is 12.2 Å². The third kappa shape index (κ3) is 5.49. The van der Waals surface area contributed by atoms with Crippen LogP contribution >= 0.6 is 11.6 Å². The summed E-state index contributed by atoms with van der Waals surface area (Å²) in [6.45, 7) is 5.64. The van der Waals surface area contributed by atoms with Crippen molar-refractivity contribution in [3.63, 3.8) is 0 Å². The Morgan fingerprint density at radius 1 is 1.40 bits per heavy atom. The van der Waals surface area contributed by atoms with Crippen molar-refractivity contribution in [3.8, 4) is 0 Å². The minimum Gasteiger partial charge on any atom is -0.395 e. The van der Waals surface area contributed by atoms with Gasteiger partial charge in [-0.2, -0.15) is 0 Å². The number of carbonyl (C=O) groups excluding carboxylic acids is 1. The number of aliphatic hydroxyl groups excluding tert-OH is 1. The Labute approximate surface area is 125 Å². The second kappa shape index (κ2) is 8.95. The first-order valence-corrected chi connectivity index (χ1v) is 7.33. The predicted octanol–water partition coefficient (Wildman–Crippen LogP) is 2.22. The van der Waals surface area contributed by atoms with Gasteiger partial charge in [0.1, 0.15) is 0 Å². The van der Waals surface area contributed by atoms with Crippen molar-refractivity contribution >= 4 is 17.5 Å². The average Bonchev–Trinajstić information content (AvgIpc) is 2.39. The number of hydrogen-bond acceptors (Lipinski definition) is 3. The highest BCUT2D eigenvalue weighted by molar-refractivity contribution is 6.31. The standard InChI is InChI=1S/C15H23ClN2O2/c1-3-8-18(9-10-19)11-15(20)17-12(2)13-6-4-5-7-14(13)16/h4-7,12,19H,3,8-11H2,1-2H3,(H,17,20). The summed E-state index contributed by atoms with van der Waals surface area (Å²) in [5, 5.41) is 12.6. The van der Waals surface area contributed by atoms with E-state index < -0.39 is 0 Å². The molecular weight excluding hydrogens is 276 g/mol. The van der Waals surface area contributed by atoms with Crippen LogP contribution in [0.4, 0.5) is 0 Å². The molecule has 1 aromatic carbocycles. The molecule has 1 atom stereocenters. The molecule has 0 radical (unpaired) electrons. The molecule has 0 aromatic heterocycles. The molecular formula is C15H23ClN2O2. The number of nitrogens with zero attached hydrogens (tertiary/aromatic N) is 1. The molecule has 0 saturated heterocycles. The van der Waals surface area contributed by atoms with Crippen LogP contribution in [0.2, 0.25) is 5.02 Å². The van der Waals surface area contributed by atoms with Crippen molar-refractivity contribution in [2.45, 2.75) is 26.3 Å². The lowest BCUT2D eigenvalue weighted by Gasteiger charge is -2.22. The molecule has 1 amide bonds. The Morgan fingerprint density at radius 2 is 2.10 bits per heavy atom. The summed E-state index contributed by atoms with van der Waals surface area (Å²) >= 11 is 6.11. The third-order valence-electron chi connectivity index (χ3n) is 3.07. The molecule has 2 N–H and O–H groups in total. The van der Waals surface area contributed by atoms with E-state index in [9.17, 15) is 4.79 Å². The van der Waals surface area contributed by atoms with Crippen LogP contribution < -0.4 is 5.32 Å². The third-order valence-corrected chi connectivity index (χ3v) is 3.42. The van der Waals surface area contributed by atoms with Crippen molar-refractivity contribution in [2.75, 3.05) is 26.2 Å². The second-order valence-corrected chi connectivity index (χ2v) is 5.22. The van der Waals surface area contributed by atoms with Crippen LogP contribution in [0.25, 0.3) is 0 Å². The molecule has 0 aliphatic rings. The molecule has 0 spiro atoms. The summed E-state index contributed by atoms with van der Waals surface area (Å²) in [7, 11) is 0. The molecule has 5 heteroatoms. The van der Waals surface area contributed by atoms with Gasteiger partial charge in [0.25, 0.3) is 0 Å². The highest BCUT2D eigenvalue weighted by Crippen LogP contribution is 2.21. The van der Waals surface area contributed by atoms with Crippen LogP contribution in [-0.4, -0.2) is 42.2 Å². The lowest BCUT2D eigenvalue weighted by Crippen LogP contribution is -2.39. The van der Waals surface area contributed by atoms with Crippen LogP contribution in [0.1, 0.15) is 31.9 Å². The molecule has 0 heterocycles. The summed E-state index contributed by atoms with van der Waals surface area (Å²) in [6, 6.07) is 7.36. The number of amides is 1. The van der Waals surface area contributed by atoms with Crippen LogP contribution in [0.15, 0.2) is 24.3 Å². The van der Waals surface area contributed by atoms with E-state index in [1.54, 1.807) is 0 Å². The maximum absolute atomic E-state index is 12.0. The van der Waals surface area contributed by atoms with E-state index >= 15 is 0 Å². The molecule has 112 valence electrons. The normalized spacial score (nSPS) is 12.4. The van der Waals surface area contributed by atoms with Crippen molar-refractivity contribution in [2.24, 2.45) is 0 Å². The van der Waals surface area contributed by atoms with Gasteiger partial charge in [0.15, 0.2) is 0 Å². The summed E-state index contributed by atoms with van der Waals surface area (Å²) in [5.41, 5.74) is 0.909. The summed E-state index contributed by atoms with van der Waals surface area (Å²) in [5.74, 6) is -0.0562. The lowest BCUT2D eigenvalue weighted by atomic mass is 10.1. The van der Waals surface area contributed by atoms with E-state index in [1.807, 2.05) is 36.1 Å². The Morgan fingerprint density at radius 3 is 2.70 bits per heavy atom. The Hall–Kier alpha value is -1.10. The summed E-state index contributed by atoms with van der Waals surface area (Å²) in [6.07, 6.45) is 0.952. The molecule has 0 aliphatic heterocycles. The second-order valence-electron chi connectivity index (χ2n) is 4.81. The molecule has 20 heavy (non-hydrogen) atoms. The molecule has 0 aliphatic carbocycles. The van der Waals surface area contributed by atoms with Crippen LogP contribution in [0.3, 0.4) is 0 Å². The maximum Gasteiger partial charge on any atom is 0.234 e. The van der Waals surface area contributed by atoms with Gasteiger partial charge in [-0.1, -0.05) is 36.7 Å². The fraction of sp³-hybridized carbons (Fsp3) is 0.533. The Kier molecular flexibility index (Phi) is 7.59. The topological polar surface area (TPSA) is 52.6 Å². The molecule has 4 nitrogen and oxygen atoms in total. The predicted molar refractivity (Wildman–Crippen MR) is 81.8 cm³/mol. The molecule has 1 aromatic rings. The molecule has 0 fully saturated rings. The highest BCUT2D eigenvalue weighted by atomic mass is 35.5. The smallest absolute Gasteiger partial charge is 0.234 e. The number of aliphatic hydroxyl groups is 1. The summed E-state index contributed by atoms with van der Waals surface area (Å²) < 4.78 is 0. The fourth-order valence-electron chi connectivity index (χ4n) is 2.12. The maximum atomic E-state index is 12.0. The number of carbonyl (C=O) groups is 1. The first-order valence-electron chi connectivity index (χ1n) is 6.95. The largest absolute Gasteiger partial charge is 0.395 e. The average molecular weight is 299 g/mol. The van der Waals surface area contributed by atoms with Gasteiger partial charge < -0.3 is 10.4 Å². The fourth-order valence-corrected chi connectivity index (χ4v) is 2.42. The van der Waals surface area contributed by atoms with Crippen LogP contribution in [0.5, 0.6) is 0 Å². The van der Waals surface area contributed by atoms with E-state index in [1.165, 1.54) is 0 Å². The van der Waals surface area contributed by atoms with E-state index in [0.29, 0.717) is 18.1 Å². The van der Waals surface area contributed by atoms with E-state index in [0.717, 1.165) is 18.5 Å². The van der Waals surface area contributed by atoms with E-state index in [-0.39, 0.29) is 18.6 Å². The molecule has 1 rings (SSSR count). The van der Waals surface area contributed by atoms with Gasteiger partial charge in [0.05, 0.1) is 19.2 Å². The first-order chi connectivity index (χ1) is 9.58. The van der Waals surface area contributed by atoms with Gasteiger partial charge in [-0.25, -0.2) is 0 Å². The van der Waals surface area contributed by atoms with Crippen molar-refractivity contribution in [3.05, 3.63) is 34.9 Å². The number of rotatable bonds is 8. The lowest BCUT2D eigenvalue weighted by molar-refractivity contribution is -0.123. The monoisotopic (exact) mass is 298 g/mol. The van der Waals surface area contributed by atoms with Crippen molar-refractivity contribution < 1.29 is 9.90 Å². The zero-order chi connectivity index (χ0) is 15.0. The van der Waals surface area contributed by atoms with Gasteiger partial charge in [0.2, 0.25) is 5.91 Å². The zero-order valence-corrected chi connectivity index (χ0v) is 12.9. The van der Waals surface area contributed by atoms with Crippen molar-refractivity contribution in [1.29, 1.82) is 0 Å². The number of hydrogen-bond donors (Lipinski definition) is 2.